The first kappa shape index (κ1) is 18.7. The Labute approximate surface area is 143 Å². The van der Waals surface area contributed by atoms with Gasteiger partial charge in [-0.25, -0.2) is 0 Å². The van der Waals surface area contributed by atoms with E-state index in [0.29, 0.717) is 24.4 Å². The largest absolute Gasteiger partial charge is 0.351 e. The first-order valence-corrected chi connectivity index (χ1v) is 8.35. The molecule has 0 bridgehead atoms. The lowest BCUT2D eigenvalue weighted by Gasteiger charge is -2.05. The maximum atomic E-state index is 11.9. The third kappa shape index (κ3) is 5.46. The van der Waals surface area contributed by atoms with Crippen LogP contribution in [0, 0.1) is 0 Å². The molecule has 0 aliphatic heterocycles. The van der Waals surface area contributed by atoms with Crippen LogP contribution < -0.4 is 11.1 Å². The van der Waals surface area contributed by atoms with Crippen molar-refractivity contribution in [3.05, 3.63) is 57.8 Å². The maximum absolute atomic E-state index is 11.9. The summed E-state index contributed by atoms with van der Waals surface area (Å²) in [4.78, 5) is 24.3. The molecule has 118 valence electrons. The van der Waals surface area contributed by atoms with Gasteiger partial charge in [-0.3, -0.25) is 9.59 Å². The Morgan fingerprint density at radius 3 is 2.50 bits per heavy atom. The van der Waals surface area contributed by atoms with Crippen LogP contribution in [0.1, 0.15) is 25.6 Å². The molecule has 1 aromatic carbocycles. The van der Waals surface area contributed by atoms with Crippen LogP contribution in [0.4, 0.5) is 0 Å². The lowest BCUT2D eigenvalue weighted by molar-refractivity contribution is 0.0954. The van der Waals surface area contributed by atoms with E-state index >= 15 is 0 Å². The summed E-state index contributed by atoms with van der Waals surface area (Å²) in [6.45, 7) is 0.886. The highest BCUT2D eigenvalue weighted by Crippen LogP contribution is 2.21. The molecule has 2 rings (SSSR count). The molecular formula is C15H17ClN2O2S2. The Kier molecular flexibility index (Phi) is 8.19. The van der Waals surface area contributed by atoms with Gasteiger partial charge in [0.1, 0.15) is 0 Å². The number of thiophene rings is 1. The van der Waals surface area contributed by atoms with Crippen molar-refractivity contribution >= 4 is 46.5 Å². The number of halogens is 1. The highest BCUT2D eigenvalue weighted by atomic mass is 35.5. The average Bonchev–Trinajstić information content (AvgIpc) is 3.05. The molecular weight excluding hydrogens is 340 g/mol. The zero-order valence-electron chi connectivity index (χ0n) is 11.8. The molecule has 1 aromatic heterocycles. The second kappa shape index (κ2) is 9.63. The number of nitrogens with one attached hydrogen (secondary N) is 1. The van der Waals surface area contributed by atoms with Crippen molar-refractivity contribution < 1.29 is 9.59 Å². The van der Waals surface area contributed by atoms with Crippen molar-refractivity contribution in [1.29, 1.82) is 0 Å². The lowest BCUT2D eigenvalue weighted by atomic mass is 10.1. The third-order valence-electron chi connectivity index (χ3n) is 2.74. The first-order valence-electron chi connectivity index (χ1n) is 6.48. The molecule has 0 aliphatic rings. The van der Waals surface area contributed by atoms with Gasteiger partial charge in [-0.05, 0) is 29.1 Å². The van der Waals surface area contributed by atoms with Crippen molar-refractivity contribution in [2.24, 2.45) is 5.73 Å². The quantitative estimate of drug-likeness (QED) is 0.834. The Morgan fingerprint density at radius 2 is 1.91 bits per heavy atom. The van der Waals surface area contributed by atoms with Crippen LogP contribution >= 0.6 is 35.5 Å². The summed E-state index contributed by atoms with van der Waals surface area (Å²) >= 11 is 2.72. The van der Waals surface area contributed by atoms with Crippen molar-refractivity contribution in [3.8, 4) is 0 Å². The van der Waals surface area contributed by atoms with E-state index in [9.17, 15) is 9.59 Å². The van der Waals surface area contributed by atoms with E-state index in [2.05, 4.69) is 5.32 Å². The van der Waals surface area contributed by atoms with Gasteiger partial charge in [-0.15, -0.1) is 23.7 Å². The van der Waals surface area contributed by atoms with E-state index in [-0.39, 0.29) is 23.4 Å². The molecule has 0 radical (unpaired) electrons. The van der Waals surface area contributed by atoms with Crippen LogP contribution in [0.25, 0.3) is 0 Å². The minimum absolute atomic E-state index is 0. The minimum atomic E-state index is -0.130. The van der Waals surface area contributed by atoms with Crippen LogP contribution in [-0.4, -0.2) is 24.1 Å². The van der Waals surface area contributed by atoms with Gasteiger partial charge in [-0.2, -0.15) is 0 Å². The highest BCUT2D eigenvalue weighted by molar-refractivity contribution is 8.13. The van der Waals surface area contributed by atoms with Crippen LogP contribution in [0.2, 0.25) is 0 Å². The summed E-state index contributed by atoms with van der Waals surface area (Å²) in [6.07, 6.45) is 0. The van der Waals surface area contributed by atoms with Gasteiger partial charge in [0.2, 0.25) is 5.12 Å². The molecule has 1 heterocycles. The van der Waals surface area contributed by atoms with E-state index in [1.165, 1.54) is 23.1 Å². The summed E-state index contributed by atoms with van der Waals surface area (Å²) in [5.74, 6) is 0.468. The molecule has 0 aliphatic carbocycles. The number of amides is 1. The molecule has 22 heavy (non-hydrogen) atoms. The molecule has 0 unspecified atom stereocenters. The van der Waals surface area contributed by atoms with Crippen molar-refractivity contribution in [2.45, 2.75) is 5.75 Å². The van der Waals surface area contributed by atoms with E-state index in [1.807, 2.05) is 29.6 Å². The Hall–Kier alpha value is -1.34. The van der Waals surface area contributed by atoms with Crippen LogP contribution in [0.3, 0.4) is 0 Å². The second-order valence-corrected chi connectivity index (χ2v) is 6.19. The molecule has 3 N–H and O–H groups in total. The number of hydrogen-bond donors (Lipinski definition) is 2. The van der Waals surface area contributed by atoms with Gasteiger partial charge < -0.3 is 11.1 Å². The average molecular weight is 357 g/mol. The fourth-order valence-corrected chi connectivity index (χ4v) is 3.23. The fraction of sp³-hybridized carbons (Fsp3) is 0.200. The number of hydrogen-bond acceptors (Lipinski definition) is 5. The Balaban J connectivity index is 0.00000242. The number of rotatable bonds is 6. The van der Waals surface area contributed by atoms with Crippen molar-refractivity contribution in [2.75, 3.05) is 13.1 Å². The highest BCUT2D eigenvalue weighted by Gasteiger charge is 2.08. The van der Waals surface area contributed by atoms with Crippen LogP contribution in [0.15, 0.2) is 41.8 Å². The standard InChI is InChI=1S/C15H16N2O2S2.ClH/c16-7-8-17-14(18)12-5-3-11(4-6-12)10-21-15(19)13-2-1-9-20-13;/h1-6,9H,7-8,10,16H2,(H,17,18);1H. The number of thioether (sulfide) groups is 1. The number of nitrogens with two attached hydrogens (primary N) is 1. The molecule has 0 atom stereocenters. The first-order chi connectivity index (χ1) is 10.2. The van der Waals surface area contributed by atoms with E-state index in [1.54, 1.807) is 12.1 Å². The predicted octanol–water partition coefficient (Wildman–Crippen LogP) is 2.93. The van der Waals surface area contributed by atoms with E-state index in [4.69, 9.17) is 5.73 Å². The molecule has 0 saturated carbocycles. The van der Waals surface area contributed by atoms with Crippen LogP contribution in [-0.2, 0) is 5.75 Å². The van der Waals surface area contributed by atoms with Gasteiger partial charge in [0.15, 0.2) is 0 Å². The summed E-state index contributed by atoms with van der Waals surface area (Å²) in [5, 5.41) is 4.68. The van der Waals surface area contributed by atoms with Gasteiger partial charge in [0.25, 0.3) is 5.91 Å². The zero-order chi connectivity index (χ0) is 15.1. The summed E-state index contributed by atoms with van der Waals surface area (Å²) in [5.41, 5.74) is 6.95. The molecule has 0 saturated heterocycles. The zero-order valence-corrected chi connectivity index (χ0v) is 14.2. The molecule has 7 heteroatoms. The molecule has 4 nitrogen and oxygen atoms in total. The second-order valence-electron chi connectivity index (χ2n) is 4.29. The lowest BCUT2D eigenvalue weighted by Crippen LogP contribution is -2.28. The van der Waals surface area contributed by atoms with Gasteiger partial charge in [-0.1, -0.05) is 30.0 Å². The Bertz CT molecular complexity index is 601. The number of carbonyl (C=O) groups is 2. The monoisotopic (exact) mass is 356 g/mol. The fourth-order valence-electron chi connectivity index (χ4n) is 1.65. The van der Waals surface area contributed by atoms with Crippen molar-refractivity contribution in [3.63, 3.8) is 0 Å². The molecule has 0 spiro atoms. The number of benzene rings is 1. The van der Waals surface area contributed by atoms with Crippen molar-refractivity contribution in [1.82, 2.24) is 5.32 Å². The summed E-state index contributed by atoms with van der Waals surface area (Å²) < 4.78 is 0. The molecule has 0 fully saturated rings. The smallest absolute Gasteiger partial charge is 0.251 e. The normalized spacial score (nSPS) is 9.86. The Morgan fingerprint density at radius 1 is 1.18 bits per heavy atom. The van der Waals surface area contributed by atoms with Crippen LogP contribution in [0.5, 0.6) is 0 Å². The van der Waals surface area contributed by atoms with Gasteiger partial charge in [0, 0.05) is 24.4 Å². The van der Waals surface area contributed by atoms with E-state index < -0.39 is 0 Å². The summed E-state index contributed by atoms with van der Waals surface area (Å²) in [7, 11) is 0. The third-order valence-corrected chi connectivity index (χ3v) is 4.70. The van der Waals surface area contributed by atoms with E-state index in [0.717, 1.165) is 10.4 Å². The maximum Gasteiger partial charge on any atom is 0.251 e. The van der Waals surface area contributed by atoms with Gasteiger partial charge >= 0.3 is 0 Å². The predicted molar refractivity (Wildman–Crippen MR) is 95.0 cm³/mol. The minimum Gasteiger partial charge on any atom is -0.351 e. The topological polar surface area (TPSA) is 72.2 Å². The SMILES string of the molecule is Cl.NCCNC(=O)c1ccc(CSC(=O)c2cccs2)cc1. The summed E-state index contributed by atoms with van der Waals surface area (Å²) in [6, 6.07) is 10.9. The number of carbonyl (C=O) groups excluding carboxylic acids is 2. The molecule has 1 amide bonds. The van der Waals surface area contributed by atoms with Gasteiger partial charge in [0.05, 0.1) is 4.88 Å². The molecule has 2 aromatic rings.